The summed E-state index contributed by atoms with van der Waals surface area (Å²) in [6.45, 7) is 0. The topological polar surface area (TPSA) is 55.1 Å². The van der Waals surface area contributed by atoms with Crippen molar-refractivity contribution in [1.82, 2.24) is 9.55 Å². The molecule has 0 aromatic rings. The molecule has 1 N–H and O–H groups in total. The van der Waals surface area contributed by atoms with E-state index in [4.69, 9.17) is 5.11 Å². The summed E-state index contributed by atoms with van der Waals surface area (Å²) in [5, 5.41) is 8.74. The first-order valence-corrected chi connectivity index (χ1v) is 3.44. The Morgan fingerprint density at radius 1 is 1.50 bits per heavy atom. The number of rotatable bonds is 0. The van der Waals surface area contributed by atoms with Crippen molar-refractivity contribution in [2.75, 3.05) is 0 Å². The van der Waals surface area contributed by atoms with Gasteiger partial charge in [0.25, 0.3) is 0 Å². The lowest BCUT2D eigenvalue weighted by Crippen LogP contribution is -2.10. The minimum Gasteiger partial charge on any atom is -0.464 e. The van der Waals surface area contributed by atoms with E-state index in [0.29, 0.717) is 11.4 Å². The number of carboxylic acid groups (broad SMARTS) is 1. The summed E-state index contributed by atoms with van der Waals surface area (Å²) < 4.78 is 1.14. The van der Waals surface area contributed by atoms with Crippen molar-refractivity contribution in [2.45, 2.75) is 0 Å². The quantitative estimate of drug-likeness (QED) is 0.638. The molecule has 60 valence electrons. The van der Waals surface area contributed by atoms with Gasteiger partial charge in [0.2, 0.25) is 0 Å². The summed E-state index contributed by atoms with van der Waals surface area (Å²) in [5.74, 6) is 0. The third-order valence-corrected chi connectivity index (χ3v) is 1.66. The van der Waals surface area contributed by atoms with Crippen LogP contribution in [-0.2, 0) is 0 Å². The molecule has 2 aliphatic heterocycles. The molecule has 4 heteroatoms. The molecular formula is C8H6N2O2. The Balaban J connectivity index is 2.71. The van der Waals surface area contributed by atoms with Crippen LogP contribution < -0.4 is 0 Å². The standard InChI is InChI=1S/C8H6N2O2/c11-8(12)10-5-1-2-6-7(10)3-4-9-6/h1-5H,(H,11,12). The lowest BCUT2D eigenvalue weighted by molar-refractivity contribution is 0.196. The van der Waals surface area contributed by atoms with Crippen LogP contribution in [0.4, 0.5) is 4.79 Å². The zero-order valence-corrected chi connectivity index (χ0v) is 6.14. The Morgan fingerprint density at radius 2 is 2.33 bits per heavy atom. The van der Waals surface area contributed by atoms with E-state index in [0.717, 1.165) is 4.57 Å². The predicted molar refractivity (Wildman–Crippen MR) is 42.3 cm³/mol. The molecule has 2 heterocycles. The van der Waals surface area contributed by atoms with Crippen molar-refractivity contribution >= 4 is 6.09 Å². The van der Waals surface area contributed by atoms with Crippen LogP contribution in [0.25, 0.3) is 11.4 Å². The molecule has 0 spiro atoms. The summed E-state index contributed by atoms with van der Waals surface area (Å²) in [6, 6.07) is 5.10. The molecule has 0 unspecified atom stereocenters. The number of aromatic nitrogens is 2. The molecule has 0 bridgehead atoms. The molecule has 0 aromatic heterocycles. The molecule has 0 aliphatic carbocycles. The first-order valence-electron chi connectivity index (χ1n) is 3.44. The van der Waals surface area contributed by atoms with Gasteiger partial charge in [-0.2, -0.15) is 0 Å². The van der Waals surface area contributed by atoms with Gasteiger partial charge in [-0.05, 0) is 18.2 Å². The van der Waals surface area contributed by atoms with Crippen molar-refractivity contribution < 1.29 is 9.90 Å². The second-order valence-electron chi connectivity index (χ2n) is 2.38. The van der Waals surface area contributed by atoms with Crippen LogP contribution in [0.5, 0.6) is 0 Å². The lowest BCUT2D eigenvalue weighted by atomic mass is 10.3. The third-order valence-electron chi connectivity index (χ3n) is 1.66. The van der Waals surface area contributed by atoms with Crippen LogP contribution in [0.1, 0.15) is 0 Å². The average molecular weight is 162 g/mol. The fraction of sp³-hybridized carbons (Fsp3) is 0. The molecule has 0 aromatic carbocycles. The zero-order valence-electron chi connectivity index (χ0n) is 6.14. The number of hydrogen-bond donors (Lipinski definition) is 1. The van der Waals surface area contributed by atoms with Crippen LogP contribution in [0.2, 0.25) is 0 Å². The van der Waals surface area contributed by atoms with Gasteiger partial charge in [0.05, 0.1) is 11.4 Å². The molecule has 0 radical (unpaired) electrons. The Kier molecular flexibility index (Phi) is 1.33. The normalized spacial score (nSPS) is 10.3. The maximum absolute atomic E-state index is 10.6. The minimum absolute atomic E-state index is 0.616. The van der Waals surface area contributed by atoms with Crippen molar-refractivity contribution in [3.05, 3.63) is 30.6 Å². The Bertz CT molecular complexity index is 394. The average Bonchev–Trinajstić information content (AvgIpc) is 2.49. The Morgan fingerprint density at radius 3 is 3.08 bits per heavy atom. The van der Waals surface area contributed by atoms with E-state index in [1.807, 2.05) is 0 Å². The maximum atomic E-state index is 10.6. The summed E-state index contributed by atoms with van der Waals surface area (Å²) in [6.07, 6.45) is 2.09. The first kappa shape index (κ1) is 6.84. The summed E-state index contributed by atoms with van der Waals surface area (Å²) in [5.41, 5.74) is 1.31. The van der Waals surface area contributed by atoms with E-state index in [9.17, 15) is 4.79 Å². The van der Waals surface area contributed by atoms with Crippen molar-refractivity contribution in [2.24, 2.45) is 0 Å². The van der Waals surface area contributed by atoms with E-state index in [-0.39, 0.29) is 0 Å². The Labute approximate surface area is 68.4 Å². The fourth-order valence-electron chi connectivity index (χ4n) is 1.14. The number of hydrogen-bond acceptors (Lipinski definition) is 2. The van der Waals surface area contributed by atoms with Crippen LogP contribution >= 0.6 is 0 Å². The molecule has 0 atom stereocenters. The SMILES string of the molecule is O=C(O)n1cccc2nccc1-2. The second kappa shape index (κ2) is 2.34. The summed E-state index contributed by atoms with van der Waals surface area (Å²) in [4.78, 5) is 14.6. The predicted octanol–water partition coefficient (Wildman–Crippen LogP) is 1.51. The molecule has 12 heavy (non-hydrogen) atoms. The summed E-state index contributed by atoms with van der Waals surface area (Å²) >= 11 is 0. The number of carbonyl (C=O) groups is 1. The van der Waals surface area contributed by atoms with E-state index in [2.05, 4.69) is 4.98 Å². The highest BCUT2D eigenvalue weighted by Gasteiger charge is 2.10. The molecule has 0 saturated carbocycles. The van der Waals surface area contributed by atoms with Crippen molar-refractivity contribution in [3.8, 4) is 11.4 Å². The van der Waals surface area contributed by atoms with Crippen molar-refractivity contribution in [1.29, 1.82) is 0 Å². The number of fused-ring (bicyclic) bond motifs is 1. The van der Waals surface area contributed by atoms with Gasteiger partial charge in [0.15, 0.2) is 0 Å². The zero-order chi connectivity index (χ0) is 8.55. The summed E-state index contributed by atoms with van der Waals surface area (Å²) in [7, 11) is 0. The maximum Gasteiger partial charge on any atom is 0.416 e. The number of pyridine rings is 1. The first-order chi connectivity index (χ1) is 5.79. The molecule has 0 saturated heterocycles. The molecule has 2 aliphatic rings. The van der Waals surface area contributed by atoms with E-state index < -0.39 is 6.09 Å². The fourth-order valence-corrected chi connectivity index (χ4v) is 1.14. The van der Waals surface area contributed by atoms with Gasteiger partial charge in [0, 0.05) is 12.4 Å². The van der Waals surface area contributed by atoms with Gasteiger partial charge >= 0.3 is 6.09 Å². The van der Waals surface area contributed by atoms with Crippen molar-refractivity contribution in [3.63, 3.8) is 0 Å². The van der Waals surface area contributed by atoms with Gasteiger partial charge in [-0.25, -0.2) is 4.79 Å². The van der Waals surface area contributed by atoms with Crippen LogP contribution in [-0.4, -0.2) is 20.8 Å². The molecule has 4 nitrogen and oxygen atoms in total. The van der Waals surface area contributed by atoms with Gasteiger partial charge in [0.1, 0.15) is 0 Å². The molecule has 0 fully saturated rings. The van der Waals surface area contributed by atoms with Crippen LogP contribution in [0, 0.1) is 0 Å². The van der Waals surface area contributed by atoms with E-state index in [1.165, 1.54) is 6.20 Å². The lowest BCUT2D eigenvalue weighted by Gasteiger charge is -2.04. The van der Waals surface area contributed by atoms with Gasteiger partial charge in [-0.1, -0.05) is 0 Å². The van der Waals surface area contributed by atoms with E-state index >= 15 is 0 Å². The minimum atomic E-state index is -0.992. The molecular weight excluding hydrogens is 156 g/mol. The monoisotopic (exact) mass is 162 g/mol. The smallest absolute Gasteiger partial charge is 0.416 e. The van der Waals surface area contributed by atoms with Crippen LogP contribution in [0.15, 0.2) is 30.6 Å². The van der Waals surface area contributed by atoms with Gasteiger partial charge < -0.3 is 5.11 Å². The second-order valence-corrected chi connectivity index (χ2v) is 2.38. The molecule has 2 rings (SSSR count). The van der Waals surface area contributed by atoms with Gasteiger partial charge in [-0.15, -0.1) is 0 Å². The van der Waals surface area contributed by atoms with E-state index in [1.54, 1.807) is 24.4 Å². The number of nitrogens with zero attached hydrogens (tertiary/aromatic N) is 2. The Hall–Kier alpha value is -1.84. The highest BCUT2D eigenvalue weighted by atomic mass is 16.4. The van der Waals surface area contributed by atoms with Crippen LogP contribution in [0.3, 0.4) is 0 Å². The highest BCUT2D eigenvalue weighted by molar-refractivity contribution is 5.75. The van der Waals surface area contributed by atoms with Gasteiger partial charge in [-0.3, -0.25) is 9.55 Å². The third kappa shape index (κ3) is 0.852. The largest absolute Gasteiger partial charge is 0.464 e. The molecule has 0 amide bonds. The highest BCUT2D eigenvalue weighted by Crippen LogP contribution is 2.18.